The number of anilines is 1. The van der Waals surface area contributed by atoms with Gasteiger partial charge >= 0.3 is 6.09 Å². The number of amides is 2. The maximum atomic E-state index is 13.9. The molecule has 0 aliphatic carbocycles. The van der Waals surface area contributed by atoms with Crippen molar-refractivity contribution in [2.75, 3.05) is 31.1 Å². The lowest BCUT2D eigenvalue weighted by molar-refractivity contribution is 0.0689. The van der Waals surface area contributed by atoms with Crippen molar-refractivity contribution in [3.63, 3.8) is 0 Å². The minimum atomic E-state index is -0.538. The van der Waals surface area contributed by atoms with Crippen LogP contribution in [-0.4, -0.2) is 65.4 Å². The third-order valence-corrected chi connectivity index (χ3v) is 6.11. The van der Waals surface area contributed by atoms with Crippen molar-refractivity contribution in [1.82, 2.24) is 20.4 Å². The van der Waals surface area contributed by atoms with Crippen LogP contribution in [0.2, 0.25) is 5.02 Å². The third-order valence-electron chi connectivity index (χ3n) is 5.74. The smallest absolute Gasteiger partial charge is 0.407 e. The zero-order valence-corrected chi connectivity index (χ0v) is 18.0. The molecule has 0 radical (unpaired) electrons. The Morgan fingerprint density at radius 1 is 1.19 bits per heavy atom. The average molecular weight is 464 g/mol. The lowest BCUT2D eigenvalue weighted by atomic mass is 10.0. The fourth-order valence-electron chi connectivity index (χ4n) is 4.02. The summed E-state index contributed by atoms with van der Waals surface area (Å²) in [7, 11) is 0. The molecule has 0 bridgehead atoms. The van der Waals surface area contributed by atoms with E-state index in [1.54, 1.807) is 17.0 Å². The van der Waals surface area contributed by atoms with Crippen molar-refractivity contribution in [1.29, 1.82) is 0 Å². The molecule has 0 unspecified atom stereocenters. The van der Waals surface area contributed by atoms with E-state index in [0.717, 1.165) is 0 Å². The Kier molecular flexibility index (Phi) is 6.59. The second-order valence-electron chi connectivity index (χ2n) is 7.85. The number of piperidine rings is 1. The van der Waals surface area contributed by atoms with Gasteiger partial charge in [-0.3, -0.25) is 9.59 Å². The lowest BCUT2D eigenvalue weighted by Gasteiger charge is -2.32. The van der Waals surface area contributed by atoms with Crippen molar-refractivity contribution in [2.24, 2.45) is 0 Å². The summed E-state index contributed by atoms with van der Waals surface area (Å²) >= 11 is 6.04. The summed E-state index contributed by atoms with van der Waals surface area (Å²) in [5.74, 6) is -0.882. The fraction of sp³-hybridized carbons (Fsp3) is 0.429. The first-order chi connectivity index (χ1) is 15.4. The first-order valence-electron chi connectivity index (χ1n) is 10.4. The molecule has 0 spiro atoms. The molecule has 2 aliphatic heterocycles. The third kappa shape index (κ3) is 4.85. The number of nitrogens with one attached hydrogen (secondary N) is 2. The molecule has 1 aromatic heterocycles. The Balaban J connectivity index is 1.24. The number of hydrogen-bond acceptors (Lipinski definition) is 6. The molecule has 2 N–H and O–H groups in total. The van der Waals surface area contributed by atoms with Gasteiger partial charge in [-0.15, -0.1) is 0 Å². The number of benzene rings is 1. The van der Waals surface area contributed by atoms with E-state index in [2.05, 4.69) is 15.5 Å². The zero-order chi connectivity index (χ0) is 22.7. The highest BCUT2D eigenvalue weighted by atomic mass is 35.5. The lowest BCUT2D eigenvalue weighted by Crippen LogP contribution is -2.47. The number of carbonyl (C=O) groups excluding carboxylic acids is 2. The van der Waals surface area contributed by atoms with Gasteiger partial charge in [0.05, 0.1) is 24.0 Å². The van der Waals surface area contributed by atoms with E-state index in [1.165, 1.54) is 18.3 Å². The molecule has 0 saturated carbocycles. The number of aromatic amines is 1. The van der Waals surface area contributed by atoms with Gasteiger partial charge in [-0.25, -0.2) is 14.3 Å². The predicted octanol–water partition coefficient (Wildman–Crippen LogP) is 2.17. The van der Waals surface area contributed by atoms with Crippen molar-refractivity contribution in [3.8, 4) is 0 Å². The summed E-state index contributed by atoms with van der Waals surface area (Å²) in [5.41, 5.74) is 0.0970. The largest absolute Gasteiger partial charge is 0.444 e. The molecule has 2 amide bonds. The van der Waals surface area contributed by atoms with Crippen molar-refractivity contribution in [3.05, 3.63) is 57.2 Å². The topological polar surface area (TPSA) is 108 Å². The molecule has 3 heterocycles. The van der Waals surface area contributed by atoms with Crippen LogP contribution < -0.4 is 15.8 Å². The molecule has 9 nitrogen and oxygen atoms in total. The number of ether oxygens (including phenoxy) is 1. The quantitative estimate of drug-likeness (QED) is 0.719. The number of hydrogen-bond donors (Lipinski definition) is 2. The highest BCUT2D eigenvalue weighted by Gasteiger charge is 2.30. The fourth-order valence-corrected chi connectivity index (χ4v) is 4.23. The van der Waals surface area contributed by atoms with E-state index in [-0.39, 0.29) is 28.6 Å². The number of rotatable bonds is 4. The highest BCUT2D eigenvalue weighted by molar-refractivity contribution is 6.33. The van der Waals surface area contributed by atoms with Gasteiger partial charge in [0, 0.05) is 32.1 Å². The van der Waals surface area contributed by atoms with Gasteiger partial charge < -0.3 is 19.9 Å². The van der Waals surface area contributed by atoms with E-state index in [9.17, 15) is 18.8 Å². The number of likely N-dealkylation sites (tertiary alicyclic amines) is 1. The van der Waals surface area contributed by atoms with Gasteiger partial charge in [-0.05, 0) is 25.0 Å². The molecular formula is C21H23ClFN5O4. The molecule has 32 heavy (non-hydrogen) atoms. The molecule has 1 atom stereocenters. The van der Waals surface area contributed by atoms with Crippen LogP contribution in [0.25, 0.3) is 0 Å². The van der Waals surface area contributed by atoms with Crippen LogP contribution >= 0.6 is 11.6 Å². The van der Waals surface area contributed by atoms with Crippen LogP contribution in [0, 0.1) is 5.82 Å². The molecular weight excluding hydrogens is 441 g/mol. The first kappa shape index (κ1) is 22.1. The number of nitrogens with zero attached hydrogens (tertiary/aromatic N) is 3. The van der Waals surface area contributed by atoms with E-state index in [0.29, 0.717) is 51.1 Å². The molecule has 2 fully saturated rings. The van der Waals surface area contributed by atoms with E-state index >= 15 is 0 Å². The first-order valence-corrected chi connectivity index (χ1v) is 10.8. The Morgan fingerprint density at radius 2 is 1.94 bits per heavy atom. The maximum Gasteiger partial charge on any atom is 0.407 e. The summed E-state index contributed by atoms with van der Waals surface area (Å²) in [6.45, 7) is 1.83. The Labute approximate surface area is 188 Å². The minimum Gasteiger partial charge on any atom is -0.444 e. The number of carbonyl (C=O) groups is 2. The van der Waals surface area contributed by atoms with Crippen LogP contribution in [0.3, 0.4) is 0 Å². The summed E-state index contributed by atoms with van der Waals surface area (Å²) in [6.07, 6.45) is 2.33. The normalized spacial score (nSPS) is 19.1. The second kappa shape index (κ2) is 9.56. The van der Waals surface area contributed by atoms with Gasteiger partial charge in [-0.2, -0.15) is 5.10 Å². The van der Waals surface area contributed by atoms with E-state index in [1.807, 2.05) is 4.90 Å². The van der Waals surface area contributed by atoms with Crippen molar-refractivity contribution < 1.29 is 18.7 Å². The summed E-state index contributed by atoms with van der Waals surface area (Å²) in [6, 6.07) is 5.78. The molecule has 170 valence electrons. The molecule has 2 aromatic rings. The van der Waals surface area contributed by atoms with Gasteiger partial charge in [0.2, 0.25) is 0 Å². The summed E-state index contributed by atoms with van der Waals surface area (Å²) in [5, 5.41) is 8.94. The van der Waals surface area contributed by atoms with Gasteiger partial charge in [-0.1, -0.05) is 23.7 Å². The molecule has 2 aliphatic rings. The van der Waals surface area contributed by atoms with Crippen molar-refractivity contribution >= 4 is 29.3 Å². The Hall–Kier alpha value is -3.14. The van der Waals surface area contributed by atoms with E-state index < -0.39 is 17.5 Å². The van der Waals surface area contributed by atoms with Crippen LogP contribution in [0.4, 0.5) is 14.9 Å². The maximum absolute atomic E-state index is 13.9. The summed E-state index contributed by atoms with van der Waals surface area (Å²) < 4.78 is 19.4. The molecule has 2 saturated heterocycles. The van der Waals surface area contributed by atoms with Gasteiger partial charge in [0.15, 0.2) is 0 Å². The Bertz CT molecular complexity index is 1060. The SMILES string of the molecule is O=C(NC1CCN(C(=O)c2ccccc2F)CC1)O[C@@H]1CCN(c2cn[nH]c(=O)c2Cl)C1. The second-order valence-corrected chi connectivity index (χ2v) is 8.23. The van der Waals surface area contributed by atoms with Gasteiger partial charge in [0.1, 0.15) is 16.9 Å². The van der Waals surface area contributed by atoms with E-state index in [4.69, 9.17) is 16.3 Å². The van der Waals surface area contributed by atoms with Crippen LogP contribution in [0.5, 0.6) is 0 Å². The Morgan fingerprint density at radius 3 is 2.69 bits per heavy atom. The predicted molar refractivity (Wildman–Crippen MR) is 115 cm³/mol. The zero-order valence-electron chi connectivity index (χ0n) is 17.2. The molecule has 11 heteroatoms. The van der Waals surface area contributed by atoms with Crippen LogP contribution in [0.15, 0.2) is 35.3 Å². The molecule has 4 rings (SSSR count). The number of H-pyrrole nitrogens is 1. The monoisotopic (exact) mass is 463 g/mol. The number of alkyl carbamates (subject to hydrolysis) is 1. The highest BCUT2D eigenvalue weighted by Crippen LogP contribution is 2.26. The summed E-state index contributed by atoms with van der Waals surface area (Å²) in [4.78, 5) is 39.9. The molecule has 1 aromatic carbocycles. The number of aromatic nitrogens is 2. The van der Waals surface area contributed by atoms with Crippen LogP contribution in [-0.2, 0) is 4.74 Å². The standard InChI is InChI=1S/C21H23ClFN5O4/c22-18-17(11-24-26-19(18)29)28-10-7-14(12-28)32-21(31)25-13-5-8-27(9-6-13)20(30)15-3-1-2-4-16(15)23/h1-4,11,13-14H,5-10,12H2,(H,25,31)(H,26,29)/t14-/m1/s1. The van der Waals surface area contributed by atoms with Crippen molar-refractivity contribution in [2.45, 2.75) is 31.4 Å². The minimum absolute atomic E-state index is 0.0554. The van der Waals surface area contributed by atoms with Gasteiger partial charge in [0.25, 0.3) is 11.5 Å². The average Bonchev–Trinajstić information content (AvgIpc) is 3.24. The van der Waals surface area contributed by atoms with Crippen LogP contribution in [0.1, 0.15) is 29.6 Å². The number of halogens is 2.